The molecule has 0 amide bonds. The largest absolute Gasteiger partial charge is 0.493 e. The molecular formula is C14H12N2O3. The van der Waals surface area contributed by atoms with Crippen LogP contribution in [-0.4, -0.2) is 19.2 Å². The summed E-state index contributed by atoms with van der Waals surface area (Å²) in [4.78, 5) is 4.05. The number of benzene rings is 1. The predicted molar refractivity (Wildman–Crippen MR) is 68.6 cm³/mol. The van der Waals surface area contributed by atoms with E-state index in [0.717, 1.165) is 0 Å². The van der Waals surface area contributed by atoms with E-state index >= 15 is 0 Å². The first-order valence-corrected chi connectivity index (χ1v) is 5.53. The summed E-state index contributed by atoms with van der Waals surface area (Å²) in [5.41, 5.74) is 0.471. The Kier molecular flexibility index (Phi) is 3.84. The lowest BCUT2D eigenvalue weighted by atomic mass is 10.3. The van der Waals surface area contributed by atoms with Crippen LogP contribution in [0.5, 0.6) is 23.1 Å². The van der Waals surface area contributed by atoms with Crippen molar-refractivity contribution < 1.29 is 14.2 Å². The van der Waals surface area contributed by atoms with Gasteiger partial charge < -0.3 is 14.2 Å². The van der Waals surface area contributed by atoms with Crippen molar-refractivity contribution in [2.45, 2.75) is 0 Å². The van der Waals surface area contributed by atoms with E-state index in [1.807, 2.05) is 6.07 Å². The highest BCUT2D eigenvalue weighted by Crippen LogP contribution is 2.39. The Morgan fingerprint density at radius 1 is 1.11 bits per heavy atom. The molecule has 0 unspecified atom stereocenters. The lowest BCUT2D eigenvalue weighted by Gasteiger charge is -2.13. The fourth-order valence-corrected chi connectivity index (χ4v) is 1.56. The second-order valence-corrected chi connectivity index (χ2v) is 3.59. The molecule has 0 fully saturated rings. The molecule has 1 heterocycles. The normalized spacial score (nSPS) is 9.53. The van der Waals surface area contributed by atoms with E-state index in [2.05, 4.69) is 4.98 Å². The SMILES string of the molecule is COc1cccc(OC)c1Oc1cc(C#N)ccn1. The van der Waals surface area contributed by atoms with Crippen molar-refractivity contribution in [3.05, 3.63) is 42.1 Å². The van der Waals surface area contributed by atoms with Gasteiger partial charge in [-0.25, -0.2) is 4.98 Å². The third-order valence-electron chi connectivity index (χ3n) is 2.45. The van der Waals surface area contributed by atoms with Crippen LogP contribution in [0.1, 0.15) is 5.56 Å². The van der Waals surface area contributed by atoms with Crippen LogP contribution in [0.15, 0.2) is 36.5 Å². The summed E-state index contributed by atoms with van der Waals surface area (Å²) < 4.78 is 16.1. The fourth-order valence-electron chi connectivity index (χ4n) is 1.56. The van der Waals surface area contributed by atoms with E-state index in [4.69, 9.17) is 19.5 Å². The highest BCUT2D eigenvalue weighted by Gasteiger charge is 2.13. The van der Waals surface area contributed by atoms with Gasteiger partial charge in [0, 0.05) is 12.3 Å². The number of ether oxygens (including phenoxy) is 3. The summed E-state index contributed by atoms with van der Waals surface area (Å²) >= 11 is 0. The van der Waals surface area contributed by atoms with Gasteiger partial charge in [0.15, 0.2) is 11.5 Å². The molecule has 0 bridgehead atoms. The Morgan fingerprint density at radius 2 is 1.79 bits per heavy atom. The zero-order chi connectivity index (χ0) is 13.7. The summed E-state index contributed by atoms with van der Waals surface area (Å²) in [5.74, 6) is 1.80. The van der Waals surface area contributed by atoms with Crippen LogP contribution in [0.4, 0.5) is 0 Å². The van der Waals surface area contributed by atoms with Gasteiger partial charge in [-0.05, 0) is 18.2 Å². The Bertz CT molecular complexity index is 598. The van der Waals surface area contributed by atoms with Crippen molar-refractivity contribution in [3.8, 4) is 29.2 Å². The number of methoxy groups -OCH3 is 2. The first-order chi connectivity index (χ1) is 9.28. The molecule has 1 aromatic carbocycles. The molecule has 0 saturated carbocycles. The average molecular weight is 256 g/mol. The van der Waals surface area contributed by atoms with Crippen LogP contribution in [0, 0.1) is 11.3 Å². The van der Waals surface area contributed by atoms with Crippen LogP contribution in [0.2, 0.25) is 0 Å². The molecule has 0 aliphatic heterocycles. The number of nitriles is 1. The maximum absolute atomic E-state index is 8.85. The number of hydrogen-bond acceptors (Lipinski definition) is 5. The molecule has 1 aromatic heterocycles. The number of hydrogen-bond donors (Lipinski definition) is 0. The van der Waals surface area contributed by atoms with Crippen LogP contribution < -0.4 is 14.2 Å². The molecule has 19 heavy (non-hydrogen) atoms. The summed E-state index contributed by atoms with van der Waals surface area (Å²) in [6.07, 6.45) is 1.51. The van der Waals surface area contributed by atoms with Gasteiger partial charge in [0.2, 0.25) is 11.6 Å². The zero-order valence-corrected chi connectivity index (χ0v) is 10.6. The Labute approximate surface area is 111 Å². The smallest absolute Gasteiger partial charge is 0.220 e. The van der Waals surface area contributed by atoms with Crippen LogP contribution in [-0.2, 0) is 0 Å². The lowest BCUT2D eigenvalue weighted by molar-refractivity contribution is 0.342. The van der Waals surface area contributed by atoms with Crippen molar-refractivity contribution in [2.24, 2.45) is 0 Å². The maximum Gasteiger partial charge on any atom is 0.220 e. The van der Waals surface area contributed by atoms with Gasteiger partial charge in [-0.15, -0.1) is 0 Å². The second-order valence-electron chi connectivity index (χ2n) is 3.59. The maximum atomic E-state index is 8.85. The summed E-state index contributed by atoms with van der Waals surface area (Å²) in [5, 5.41) is 8.85. The molecule has 5 nitrogen and oxygen atoms in total. The van der Waals surface area contributed by atoms with Gasteiger partial charge in [-0.3, -0.25) is 0 Å². The van der Waals surface area contributed by atoms with Gasteiger partial charge in [0.1, 0.15) is 0 Å². The van der Waals surface area contributed by atoms with Crippen molar-refractivity contribution >= 4 is 0 Å². The molecule has 96 valence electrons. The molecule has 0 N–H and O–H groups in total. The molecule has 0 saturated heterocycles. The highest BCUT2D eigenvalue weighted by molar-refractivity contribution is 5.52. The standard InChI is InChI=1S/C14H12N2O3/c1-17-11-4-3-5-12(18-2)14(11)19-13-8-10(9-15)6-7-16-13/h3-8H,1-2H3. The topological polar surface area (TPSA) is 64.4 Å². The van der Waals surface area contributed by atoms with Crippen molar-refractivity contribution in [3.63, 3.8) is 0 Å². The number of nitrogens with zero attached hydrogens (tertiary/aromatic N) is 2. The molecule has 0 aliphatic carbocycles. The summed E-state index contributed by atoms with van der Waals surface area (Å²) in [6, 6.07) is 10.5. The minimum Gasteiger partial charge on any atom is -0.493 e. The minimum absolute atomic E-state index is 0.307. The van der Waals surface area contributed by atoms with Gasteiger partial charge >= 0.3 is 0 Å². The molecule has 5 heteroatoms. The Hall–Kier alpha value is -2.74. The average Bonchev–Trinajstić information content (AvgIpc) is 2.47. The first kappa shape index (κ1) is 12.7. The number of aromatic nitrogens is 1. The van der Waals surface area contributed by atoms with E-state index in [9.17, 15) is 0 Å². The van der Waals surface area contributed by atoms with Crippen LogP contribution in [0.3, 0.4) is 0 Å². The van der Waals surface area contributed by atoms with Crippen LogP contribution in [0.25, 0.3) is 0 Å². The number of pyridine rings is 1. The van der Waals surface area contributed by atoms with Gasteiger partial charge in [-0.1, -0.05) is 6.07 Å². The Morgan fingerprint density at radius 3 is 2.37 bits per heavy atom. The molecule has 0 radical (unpaired) electrons. The quantitative estimate of drug-likeness (QED) is 0.841. The summed E-state index contributed by atoms with van der Waals surface area (Å²) in [7, 11) is 3.08. The molecule has 0 aliphatic rings. The van der Waals surface area contributed by atoms with Crippen LogP contribution >= 0.6 is 0 Å². The number of para-hydroxylation sites is 1. The summed E-state index contributed by atoms with van der Waals surface area (Å²) in [6.45, 7) is 0. The third-order valence-corrected chi connectivity index (χ3v) is 2.45. The third kappa shape index (κ3) is 2.75. The second kappa shape index (κ2) is 5.74. The van der Waals surface area contributed by atoms with Gasteiger partial charge in [0.25, 0.3) is 0 Å². The monoisotopic (exact) mass is 256 g/mol. The molecule has 2 aromatic rings. The predicted octanol–water partition coefficient (Wildman–Crippen LogP) is 2.76. The Balaban J connectivity index is 2.39. The highest BCUT2D eigenvalue weighted by atomic mass is 16.5. The first-order valence-electron chi connectivity index (χ1n) is 5.53. The van der Waals surface area contributed by atoms with E-state index in [1.165, 1.54) is 6.20 Å². The zero-order valence-electron chi connectivity index (χ0n) is 10.6. The van der Waals surface area contributed by atoms with Crippen molar-refractivity contribution in [1.29, 1.82) is 5.26 Å². The molecule has 0 atom stereocenters. The minimum atomic E-state index is 0.307. The van der Waals surface area contributed by atoms with Crippen molar-refractivity contribution in [2.75, 3.05) is 14.2 Å². The molecular weight excluding hydrogens is 244 g/mol. The van der Waals surface area contributed by atoms with E-state index in [1.54, 1.807) is 44.6 Å². The van der Waals surface area contributed by atoms with Gasteiger partial charge in [0.05, 0.1) is 25.9 Å². The molecule has 0 spiro atoms. The lowest BCUT2D eigenvalue weighted by Crippen LogP contribution is -1.95. The molecule has 2 rings (SSSR count). The van der Waals surface area contributed by atoms with Gasteiger partial charge in [-0.2, -0.15) is 5.26 Å². The van der Waals surface area contributed by atoms with E-state index in [-0.39, 0.29) is 0 Å². The van der Waals surface area contributed by atoms with E-state index < -0.39 is 0 Å². The van der Waals surface area contributed by atoms with Crippen molar-refractivity contribution in [1.82, 2.24) is 4.98 Å². The van der Waals surface area contributed by atoms with E-state index in [0.29, 0.717) is 28.7 Å². The fraction of sp³-hybridized carbons (Fsp3) is 0.143. The number of rotatable bonds is 4.